The van der Waals surface area contributed by atoms with E-state index in [-0.39, 0.29) is 6.04 Å². The minimum Gasteiger partial charge on any atom is -0.388 e. The third-order valence-corrected chi connectivity index (χ3v) is 4.01. The van der Waals surface area contributed by atoms with Crippen LogP contribution >= 0.6 is 11.6 Å². The van der Waals surface area contributed by atoms with E-state index in [0.717, 1.165) is 16.8 Å². The van der Waals surface area contributed by atoms with Gasteiger partial charge < -0.3 is 11.1 Å². The second-order valence-electron chi connectivity index (χ2n) is 5.03. The summed E-state index contributed by atoms with van der Waals surface area (Å²) in [5.41, 5.74) is 9.63. The van der Waals surface area contributed by atoms with Gasteiger partial charge >= 0.3 is 0 Å². The molecule has 3 rings (SSSR count). The van der Waals surface area contributed by atoms with Gasteiger partial charge in [0.25, 0.3) is 0 Å². The molecule has 0 unspecified atom stereocenters. The van der Waals surface area contributed by atoms with Crippen molar-refractivity contribution in [1.82, 2.24) is 0 Å². The summed E-state index contributed by atoms with van der Waals surface area (Å²) in [7, 11) is 1.89. The number of fused-ring (bicyclic) bond motifs is 1. The van der Waals surface area contributed by atoms with Crippen molar-refractivity contribution >= 4 is 28.1 Å². The molecule has 0 aromatic heterocycles. The van der Waals surface area contributed by atoms with Crippen LogP contribution in [-0.2, 0) is 0 Å². The maximum Gasteiger partial charge on any atom is 0.0578 e. The molecule has 21 heavy (non-hydrogen) atoms. The second kappa shape index (κ2) is 5.76. The van der Waals surface area contributed by atoms with Crippen LogP contribution in [0.25, 0.3) is 10.8 Å². The quantitative estimate of drug-likeness (QED) is 0.742. The number of rotatable bonds is 3. The fraction of sp³-hybridized carbons (Fsp3) is 0.111. The molecule has 0 amide bonds. The second-order valence-corrected chi connectivity index (χ2v) is 5.46. The molecule has 2 nitrogen and oxygen atoms in total. The monoisotopic (exact) mass is 296 g/mol. The lowest BCUT2D eigenvalue weighted by Gasteiger charge is -2.19. The van der Waals surface area contributed by atoms with Crippen LogP contribution in [0.15, 0.2) is 60.7 Å². The molecule has 0 saturated heterocycles. The van der Waals surface area contributed by atoms with E-state index >= 15 is 0 Å². The molecule has 0 aliphatic heterocycles. The Balaban J connectivity index is 2.17. The van der Waals surface area contributed by atoms with Crippen LogP contribution in [0.2, 0.25) is 5.02 Å². The summed E-state index contributed by atoms with van der Waals surface area (Å²) in [6.07, 6.45) is 0. The van der Waals surface area contributed by atoms with E-state index in [1.165, 1.54) is 10.8 Å². The predicted octanol–water partition coefficient (Wildman–Crippen LogP) is 4.58. The number of halogens is 1. The van der Waals surface area contributed by atoms with Crippen molar-refractivity contribution in [3.8, 4) is 0 Å². The van der Waals surface area contributed by atoms with Crippen molar-refractivity contribution in [1.29, 1.82) is 0 Å². The van der Waals surface area contributed by atoms with Crippen LogP contribution in [0.5, 0.6) is 0 Å². The summed E-state index contributed by atoms with van der Waals surface area (Å²) in [5, 5.41) is 6.25. The molecular weight excluding hydrogens is 280 g/mol. The van der Waals surface area contributed by atoms with Gasteiger partial charge in [-0.25, -0.2) is 0 Å². The highest BCUT2D eigenvalue weighted by Crippen LogP contribution is 2.32. The maximum absolute atomic E-state index is 6.53. The van der Waals surface area contributed by atoms with Crippen molar-refractivity contribution in [2.45, 2.75) is 6.04 Å². The van der Waals surface area contributed by atoms with Gasteiger partial charge in [-0.05, 0) is 40.1 Å². The molecule has 3 aromatic rings. The minimum absolute atomic E-state index is 0.225. The summed E-state index contributed by atoms with van der Waals surface area (Å²) in [6, 6.07) is 20.0. The van der Waals surface area contributed by atoms with E-state index < -0.39 is 0 Å². The van der Waals surface area contributed by atoms with E-state index in [1.807, 2.05) is 43.4 Å². The third kappa shape index (κ3) is 2.60. The van der Waals surface area contributed by atoms with Gasteiger partial charge in [-0.1, -0.05) is 54.1 Å². The molecule has 106 valence electrons. The minimum atomic E-state index is -0.225. The Morgan fingerprint density at radius 3 is 2.52 bits per heavy atom. The summed E-state index contributed by atoms with van der Waals surface area (Å²) in [4.78, 5) is 0. The van der Waals surface area contributed by atoms with Gasteiger partial charge in [0.1, 0.15) is 0 Å². The highest BCUT2D eigenvalue weighted by Gasteiger charge is 2.15. The van der Waals surface area contributed by atoms with E-state index in [4.69, 9.17) is 17.3 Å². The third-order valence-electron chi connectivity index (χ3n) is 3.78. The van der Waals surface area contributed by atoms with Crippen molar-refractivity contribution in [3.63, 3.8) is 0 Å². The number of hydrogen-bond acceptors (Lipinski definition) is 2. The lowest BCUT2D eigenvalue weighted by Crippen LogP contribution is -2.14. The van der Waals surface area contributed by atoms with Gasteiger partial charge in [0.15, 0.2) is 0 Å². The molecule has 0 aliphatic carbocycles. The van der Waals surface area contributed by atoms with E-state index in [2.05, 4.69) is 29.6 Å². The van der Waals surface area contributed by atoms with Crippen molar-refractivity contribution in [3.05, 3.63) is 76.8 Å². The van der Waals surface area contributed by atoms with Gasteiger partial charge in [0.2, 0.25) is 0 Å². The molecular formula is C18H17ClN2. The molecule has 0 aliphatic rings. The zero-order chi connectivity index (χ0) is 14.8. The van der Waals surface area contributed by atoms with Crippen LogP contribution in [0, 0.1) is 0 Å². The zero-order valence-corrected chi connectivity index (χ0v) is 12.6. The molecule has 0 spiro atoms. The number of benzene rings is 3. The summed E-state index contributed by atoms with van der Waals surface area (Å²) in [6.45, 7) is 0. The van der Waals surface area contributed by atoms with Gasteiger partial charge in [-0.3, -0.25) is 0 Å². The van der Waals surface area contributed by atoms with E-state index in [9.17, 15) is 0 Å². The molecule has 3 heteroatoms. The first kappa shape index (κ1) is 13.9. The summed E-state index contributed by atoms with van der Waals surface area (Å²) in [5.74, 6) is 0. The molecule has 1 atom stereocenters. The Morgan fingerprint density at radius 2 is 1.71 bits per heavy atom. The fourth-order valence-electron chi connectivity index (χ4n) is 2.71. The Labute approximate surface area is 129 Å². The van der Waals surface area contributed by atoms with Crippen molar-refractivity contribution < 1.29 is 0 Å². The highest BCUT2D eigenvalue weighted by molar-refractivity contribution is 6.30. The molecule has 0 fully saturated rings. The molecule has 0 saturated carbocycles. The normalized spacial score (nSPS) is 12.3. The average molecular weight is 297 g/mol. The van der Waals surface area contributed by atoms with Crippen LogP contribution in [0.3, 0.4) is 0 Å². The average Bonchev–Trinajstić information content (AvgIpc) is 2.53. The lowest BCUT2D eigenvalue weighted by atomic mass is 9.93. The largest absolute Gasteiger partial charge is 0.388 e. The summed E-state index contributed by atoms with van der Waals surface area (Å²) >= 11 is 6.14. The van der Waals surface area contributed by atoms with Gasteiger partial charge in [0.05, 0.1) is 6.04 Å². The first-order valence-electron chi connectivity index (χ1n) is 6.91. The SMILES string of the molecule is CNc1ccc(Cl)cc1[C@H](N)c1cccc2ccccc12. The Bertz CT molecular complexity index is 778. The van der Waals surface area contributed by atoms with Crippen molar-refractivity contribution in [2.24, 2.45) is 5.73 Å². The molecule has 3 N–H and O–H groups in total. The highest BCUT2D eigenvalue weighted by atomic mass is 35.5. The Kier molecular flexibility index (Phi) is 3.82. The molecule has 3 aromatic carbocycles. The van der Waals surface area contributed by atoms with Crippen LogP contribution < -0.4 is 11.1 Å². The maximum atomic E-state index is 6.53. The number of nitrogens with one attached hydrogen (secondary N) is 1. The van der Waals surface area contributed by atoms with E-state index in [1.54, 1.807) is 0 Å². The standard InChI is InChI=1S/C18H17ClN2/c1-21-17-10-9-13(19)11-16(17)18(20)15-8-4-6-12-5-2-3-7-14(12)15/h2-11,18,21H,20H2,1H3/t18-/m1/s1. The van der Waals surface area contributed by atoms with Gasteiger partial charge in [0, 0.05) is 17.8 Å². The number of nitrogens with two attached hydrogens (primary N) is 1. The zero-order valence-electron chi connectivity index (χ0n) is 11.8. The topological polar surface area (TPSA) is 38.0 Å². The van der Waals surface area contributed by atoms with Crippen LogP contribution in [-0.4, -0.2) is 7.05 Å². The van der Waals surface area contributed by atoms with Crippen molar-refractivity contribution in [2.75, 3.05) is 12.4 Å². The Morgan fingerprint density at radius 1 is 0.952 bits per heavy atom. The summed E-state index contributed by atoms with van der Waals surface area (Å²) < 4.78 is 0. The van der Waals surface area contributed by atoms with E-state index in [0.29, 0.717) is 5.02 Å². The predicted molar refractivity (Wildman–Crippen MR) is 91.0 cm³/mol. The molecule has 0 radical (unpaired) electrons. The van der Waals surface area contributed by atoms with Gasteiger partial charge in [-0.2, -0.15) is 0 Å². The van der Waals surface area contributed by atoms with Crippen LogP contribution in [0.4, 0.5) is 5.69 Å². The Hall–Kier alpha value is -2.03. The lowest BCUT2D eigenvalue weighted by molar-refractivity contribution is 0.882. The molecule has 0 bridgehead atoms. The first-order chi connectivity index (χ1) is 10.2. The first-order valence-corrected chi connectivity index (χ1v) is 7.29. The van der Waals surface area contributed by atoms with Crippen LogP contribution in [0.1, 0.15) is 17.2 Å². The smallest absolute Gasteiger partial charge is 0.0578 e. The number of anilines is 1. The van der Waals surface area contributed by atoms with Gasteiger partial charge in [-0.15, -0.1) is 0 Å². The number of hydrogen-bond donors (Lipinski definition) is 2. The fourth-order valence-corrected chi connectivity index (χ4v) is 2.89. The molecule has 0 heterocycles.